The summed E-state index contributed by atoms with van der Waals surface area (Å²) in [5, 5.41) is 55.4. The van der Waals surface area contributed by atoms with Crippen molar-refractivity contribution in [3.63, 3.8) is 0 Å². The Morgan fingerprint density at radius 1 is 0.371 bits per heavy atom. The van der Waals surface area contributed by atoms with Gasteiger partial charge in [-0.05, 0) is 271 Å². The molecular formula is C96H147N5O15. The Labute approximate surface area is 779 Å². The lowest BCUT2D eigenvalue weighted by atomic mass is 9.75. The van der Waals surface area contributed by atoms with Crippen molar-refractivity contribution in [3.05, 3.63) is 116 Å². The molecule has 0 aromatic heterocycles. The molecule has 10 aliphatic rings. The standard InChI is InChI=1S/C20H31NO3.4C19H29NO3/c1-20(2,3)11-14-12-21-7-6-13-8-18(23-4)19(24-5)9-15(13)16(21)10-17(14)22;4*1-12(2)7-14-11-20-6-5-13-8-18(22-3)19(23-4)9-15(13)16(20)10-17(14)21/h8-9,14,16-17,22H,6-7,10-12H2,1-5H3;4*8-9,12,14,16-17,21H,5-7,10-11H2,1-4H3/i1D3,2D3,5D3,6D2,7D2,8D,9D,11D2;4D3,5D2,6D2,8D,9D,10D2,14D,17D;2*5D2,6D2,8D,9D,10D2,14D,17D;4D3,5D2,6D2,8D,9D. The van der Waals surface area contributed by atoms with Gasteiger partial charge in [0.2, 0.25) is 0 Å². The number of ether oxygens (including phenoxy) is 10. The van der Waals surface area contributed by atoms with Crippen molar-refractivity contribution in [3.8, 4) is 57.5 Å². The molecular weight excluding hydrogens is 1460 g/mol. The van der Waals surface area contributed by atoms with Crippen molar-refractivity contribution < 1.29 is 154 Å². The third-order valence-corrected chi connectivity index (χ3v) is 20.2. The Morgan fingerprint density at radius 3 is 0.871 bits per heavy atom. The Kier molecular flexibility index (Phi) is 14.1. The second-order valence-corrected chi connectivity index (χ2v) is 30.8. The summed E-state index contributed by atoms with van der Waals surface area (Å²) in [5.41, 5.74) is -7.97. The lowest BCUT2D eigenvalue weighted by Gasteiger charge is -2.47. The number of benzene rings is 5. The van der Waals surface area contributed by atoms with Crippen LogP contribution in [-0.2, 0) is 31.9 Å². The minimum atomic E-state index is -3.41. The lowest BCUT2D eigenvalue weighted by Crippen LogP contribution is -2.48. The molecule has 15 rings (SSSR count). The fourth-order valence-electron chi connectivity index (χ4n) is 15.0. The quantitative estimate of drug-likeness (QED) is 0.0520. The van der Waals surface area contributed by atoms with Crippen molar-refractivity contribution in [1.29, 1.82) is 0 Å². The molecule has 5 fully saturated rings. The average Bonchev–Trinajstić information content (AvgIpc) is 0.668. The van der Waals surface area contributed by atoms with Gasteiger partial charge in [0.15, 0.2) is 57.5 Å². The second kappa shape index (κ2) is 40.4. The molecule has 0 bridgehead atoms. The van der Waals surface area contributed by atoms with Gasteiger partial charge in [-0.15, -0.1) is 0 Å². The van der Waals surface area contributed by atoms with E-state index in [2.05, 4.69) is 0 Å². The predicted octanol–water partition coefficient (Wildman–Crippen LogP) is 15.5. The van der Waals surface area contributed by atoms with Gasteiger partial charge >= 0.3 is 0 Å². The van der Waals surface area contributed by atoms with E-state index in [1.165, 1.54) is 33.3 Å². The number of methoxy groups -OCH3 is 10. The molecule has 5 aromatic carbocycles. The molecule has 10 heterocycles. The van der Waals surface area contributed by atoms with E-state index >= 15 is 0 Å². The van der Waals surface area contributed by atoms with Gasteiger partial charge in [0.1, 0.15) is 0 Å². The zero-order valence-electron chi connectivity index (χ0n) is 127. The van der Waals surface area contributed by atoms with Crippen LogP contribution in [0.3, 0.4) is 0 Å². The number of hydrogen-bond donors (Lipinski definition) is 5. The number of nitrogens with zero attached hydrogens (tertiary/aromatic N) is 5. The second-order valence-electron chi connectivity index (χ2n) is 30.8. The highest BCUT2D eigenvalue weighted by Crippen LogP contribution is 2.51. The van der Waals surface area contributed by atoms with E-state index in [1.807, 2.05) is 13.8 Å². The zero-order chi connectivity index (χ0) is 136. The first-order valence-corrected chi connectivity index (χ1v) is 37.9. The lowest BCUT2D eigenvalue weighted by molar-refractivity contribution is -0.0259. The van der Waals surface area contributed by atoms with Crippen LogP contribution < -0.4 is 47.4 Å². The molecule has 0 spiro atoms. The van der Waals surface area contributed by atoms with Gasteiger partial charge < -0.3 is 72.9 Å². The van der Waals surface area contributed by atoms with Crippen molar-refractivity contribution in [2.45, 2.75) is 233 Å². The highest BCUT2D eigenvalue weighted by atomic mass is 16.5. The molecule has 15 unspecified atom stereocenters. The van der Waals surface area contributed by atoms with E-state index in [0.717, 1.165) is 36.0 Å². The molecule has 10 aliphatic heterocycles. The third-order valence-electron chi connectivity index (χ3n) is 20.2. The number of piperidine rings is 5. The van der Waals surface area contributed by atoms with Crippen LogP contribution in [0, 0.1) is 58.6 Å². The summed E-state index contributed by atoms with van der Waals surface area (Å²) in [6.45, 7) is -9.44. The first-order valence-electron chi connectivity index (χ1n) is 67.4. The molecule has 0 saturated carbocycles. The largest absolute Gasteiger partial charge is 0.493 e. The summed E-state index contributed by atoms with van der Waals surface area (Å²) in [4.78, 5) is 4.30. The maximum absolute atomic E-state index is 11.2. The van der Waals surface area contributed by atoms with Gasteiger partial charge in [-0.1, -0.05) is 76.0 Å². The van der Waals surface area contributed by atoms with E-state index < -0.39 is 386 Å². The number of hydrogen-bond acceptors (Lipinski definition) is 20. The molecule has 5 saturated heterocycles. The van der Waals surface area contributed by atoms with E-state index in [-0.39, 0.29) is 95.9 Å². The van der Waals surface area contributed by atoms with Crippen molar-refractivity contribution >= 4 is 0 Å². The van der Waals surface area contributed by atoms with Crippen molar-refractivity contribution in [2.75, 3.05) is 136 Å². The predicted molar refractivity (Wildman–Crippen MR) is 460 cm³/mol. The SMILES string of the molecule is [2H]c1c(OC([2H])([2H])[2H])c(OC)c([2H])c2c1C1CC(O)C(C([2H])([2H])C(C)(C([2H])([2H])[2H])C([2H])([2H])[2H])CN1C([2H])([2H])C2([2H])[2H].[2H]c1c(OC([2H])([2H])[2H])c(OC)c([2H])c2c1C1CC(O)C(CC(C)C)CN1C([2H])([2H])C2([2H])[2H].[2H]c1c(OC([2H])([2H])[2H])c(OC)c([2H])c2c1C1N(CC([2H])(CC(C)C)C([2H])(O)C1([2H])[2H])C([2H])([2H])C2([2H])[2H].[2H]c1c(OC)c(OC)c([2H])c2c1C1N(CC([2H])(CC(C)C)C([2H])(O)C1([2H])[2H])C([2H])([2H])C2([2H])[2H].[2H]c1c(OC)c(OC)c([2H])c2c1C1N(CC([2H])(CC(C)C)C([2H])(O)C1([2H])[2H])C([2H])([2H])C2([2H])[2H]. The smallest absolute Gasteiger partial charge is 0.161 e. The molecule has 15 atom stereocenters. The minimum Gasteiger partial charge on any atom is -0.493 e. The van der Waals surface area contributed by atoms with Gasteiger partial charge in [-0.25, -0.2) is 0 Å². The van der Waals surface area contributed by atoms with Crippen LogP contribution in [0.25, 0.3) is 0 Å². The maximum Gasteiger partial charge on any atom is 0.161 e. The van der Waals surface area contributed by atoms with Crippen LogP contribution >= 0.6 is 0 Å². The zero-order valence-corrected chi connectivity index (χ0v) is 67.8. The number of aliphatic hydroxyl groups is 5. The average molecular weight is 1670 g/mol. The molecule has 116 heavy (non-hydrogen) atoms. The van der Waals surface area contributed by atoms with Crippen LogP contribution in [0.15, 0.2) is 60.4 Å². The Morgan fingerprint density at radius 2 is 0.612 bits per heavy atom. The molecule has 0 radical (unpaired) electrons. The normalized spacial score (nSPS) is 45.0. The Hall–Kier alpha value is -6.30. The fraction of sp³-hybridized carbons (Fsp3) is 0.688. The third kappa shape index (κ3) is 21.3. The Bertz CT molecular complexity index is 6760. The number of aliphatic hydroxyl groups excluding tert-OH is 2. The molecule has 20 nitrogen and oxygen atoms in total. The van der Waals surface area contributed by atoms with Crippen LogP contribution in [0.5, 0.6) is 57.5 Å². The maximum atomic E-state index is 11.2. The van der Waals surface area contributed by atoms with Crippen LogP contribution in [0.2, 0.25) is 0 Å². The molecule has 5 N–H and O–H groups in total. The summed E-state index contributed by atoms with van der Waals surface area (Å²) >= 11 is 0. The number of fused-ring (bicyclic) bond motifs is 15. The molecule has 0 aliphatic carbocycles. The van der Waals surface area contributed by atoms with Crippen LogP contribution in [0.4, 0.5) is 0 Å². The van der Waals surface area contributed by atoms with E-state index in [9.17, 15) is 25.5 Å². The fourth-order valence-corrected chi connectivity index (χ4v) is 15.0. The van der Waals surface area contributed by atoms with E-state index in [4.69, 9.17) is 128 Å². The molecule has 646 valence electrons. The highest BCUT2D eigenvalue weighted by Gasteiger charge is 2.45. The van der Waals surface area contributed by atoms with Gasteiger partial charge in [0.05, 0.1) is 131 Å². The summed E-state index contributed by atoms with van der Waals surface area (Å²) in [6.07, 6.45) is -39.6. The number of rotatable bonds is 19. The molecule has 20 heteroatoms. The van der Waals surface area contributed by atoms with Crippen LogP contribution in [0.1, 0.15) is 307 Å². The summed E-state index contributed by atoms with van der Waals surface area (Å²) < 4.78 is 546. The van der Waals surface area contributed by atoms with Gasteiger partial charge in [-0.2, -0.15) is 0 Å². The highest BCUT2D eigenvalue weighted by molar-refractivity contribution is 5.54. The first-order chi connectivity index (χ1) is 78.3. The topological polar surface area (TPSA) is 210 Å². The Balaban J connectivity index is 0.000000204. The molecule has 5 aromatic rings. The first kappa shape index (κ1) is 40.6. The molecule has 0 amide bonds. The van der Waals surface area contributed by atoms with Crippen molar-refractivity contribution in [1.82, 2.24) is 24.5 Å². The van der Waals surface area contributed by atoms with Crippen LogP contribution in [-0.4, -0.2) is 217 Å². The minimum absolute atomic E-state index is 0.0187. The summed E-state index contributed by atoms with van der Waals surface area (Å²) in [5.74, 6) is -14.4. The summed E-state index contributed by atoms with van der Waals surface area (Å²) in [7, 11) is -1.26. The monoisotopic (exact) mass is 1670 g/mol. The van der Waals surface area contributed by atoms with E-state index in [0.29, 0.717) is 18.2 Å². The van der Waals surface area contributed by atoms with Gasteiger partial charge in [0, 0.05) is 146 Å². The van der Waals surface area contributed by atoms with Crippen molar-refractivity contribution in [2.24, 2.45) is 58.6 Å². The summed E-state index contributed by atoms with van der Waals surface area (Å²) in [6, 6.07) is -14.7. The van der Waals surface area contributed by atoms with Gasteiger partial charge in [-0.3, -0.25) is 24.5 Å². The van der Waals surface area contributed by atoms with E-state index in [1.54, 1.807) is 41.5 Å². The van der Waals surface area contributed by atoms with Gasteiger partial charge in [0.25, 0.3) is 0 Å².